The van der Waals surface area contributed by atoms with Crippen LogP contribution in [0.5, 0.6) is 0 Å². The number of nitrogens with zero attached hydrogens (tertiary/aromatic N) is 2. The van der Waals surface area contributed by atoms with Crippen LogP contribution in [0.2, 0.25) is 0 Å². The molecule has 0 fully saturated rings. The van der Waals surface area contributed by atoms with Crippen LogP contribution < -0.4 is 27.4 Å². The minimum Gasteiger partial charge on any atom is -0.387 e. The van der Waals surface area contributed by atoms with Gasteiger partial charge in [0, 0.05) is 37.0 Å². The molecule has 4 atom stereocenters. The van der Waals surface area contributed by atoms with Crippen molar-refractivity contribution >= 4 is 23.5 Å². The number of aliphatic hydroxyl groups excluding tert-OH is 4. The van der Waals surface area contributed by atoms with Crippen LogP contribution in [0.1, 0.15) is 92.9 Å². The molecule has 0 radical (unpaired) electrons. The summed E-state index contributed by atoms with van der Waals surface area (Å²) < 4.78 is 0. The Kier molecular flexibility index (Phi) is 18.6. The Morgan fingerprint density at radius 3 is 1.61 bits per heavy atom. The van der Waals surface area contributed by atoms with E-state index >= 15 is 0 Å². The fourth-order valence-corrected chi connectivity index (χ4v) is 3.79. The summed E-state index contributed by atoms with van der Waals surface area (Å²) in [7, 11) is 0. The Bertz CT molecular complexity index is 827. The molecule has 11 N–H and O–H groups in total. The molecule has 0 bridgehead atoms. The minimum atomic E-state index is -2.08. The Morgan fingerprint density at radius 2 is 1.17 bits per heavy atom. The second kappa shape index (κ2) is 19.7. The minimum absolute atomic E-state index is 0.0384. The average Bonchev–Trinajstić information content (AvgIpc) is 2.92. The summed E-state index contributed by atoms with van der Waals surface area (Å²) in [4.78, 5) is 32.7. The van der Waals surface area contributed by atoms with E-state index in [-0.39, 0.29) is 18.6 Å². The van der Waals surface area contributed by atoms with E-state index in [9.17, 15) is 30.0 Å². The summed E-state index contributed by atoms with van der Waals surface area (Å²) in [5.74, 6) is -0.792. The van der Waals surface area contributed by atoms with Crippen molar-refractivity contribution in [1.29, 1.82) is 0 Å². The van der Waals surface area contributed by atoms with Gasteiger partial charge in [-0.25, -0.2) is 0 Å². The maximum Gasteiger partial charge on any atom is 0.252 e. The Hall–Kier alpha value is -2.32. The van der Waals surface area contributed by atoms with Crippen molar-refractivity contribution in [3.05, 3.63) is 0 Å². The van der Waals surface area contributed by atoms with Crippen molar-refractivity contribution in [2.24, 2.45) is 21.5 Å². The molecular weight excluding hydrogens is 530 g/mol. The zero-order chi connectivity index (χ0) is 31.6. The van der Waals surface area contributed by atoms with Crippen LogP contribution in [-0.2, 0) is 9.59 Å². The number of unbranched alkanes of at least 4 members (excludes halogenated alkanes) is 3. The topological polar surface area (TPSA) is 228 Å². The van der Waals surface area contributed by atoms with E-state index in [4.69, 9.17) is 11.5 Å². The lowest BCUT2D eigenvalue weighted by Crippen LogP contribution is -2.56. The highest BCUT2D eigenvalue weighted by molar-refractivity contribution is 5.83. The van der Waals surface area contributed by atoms with Gasteiger partial charge in [-0.05, 0) is 53.4 Å². The maximum atomic E-state index is 12.1. The van der Waals surface area contributed by atoms with Crippen molar-refractivity contribution in [2.75, 3.05) is 26.2 Å². The number of rotatable bonds is 21. The summed E-state index contributed by atoms with van der Waals surface area (Å²) in [5, 5.41) is 48.3. The highest BCUT2D eigenvalue weighted by Crippen LogP contribution is 2.13. The van der Waals surface area contributed by atoms with Gasteiger partial charge < -0.3 is 47.8 Å². The summed E-state index contributed by atoms with van der Waals surface area (Å²) in [6, 6.07) is 0. The molecule has 0 aliphatic heterocycles. The number of hydrogen-bond donors (Lipinski definition) is 9. The van der Waals surface area contributed by atoms with E-state index < -0.39 is 41.8 Å². The smallest absolute Gasteiger partial charge is 0.252 e. The van der Waals surface area contributed by atoms with Gasteiger partial charge in [-0.1, -0.05) is 26.7 Å². The van der Waals surface area contributed by atoms with E-state index in [1.165, 1.54) is 0 Å². The van der Waals surface area contributed by atoms with Crippen molar-refractivity contribution in [3.8, 4) is 0 Å². The first-order chi connectivity index (χ1) is 19.1. The molecule has 0 saturated heterocycles. The van der Waals surface area contributed by atoms with Gasteiger partial charge in [0.25, 0.3) is 11.8 Å². The standard InChI is InChI=1S/C28H57N7O6/c1-7-28(6,8-2)34-18-17-32-20(30)14-12-10-9-11-13-19(29)31-15-16-33-25(40)23(38)21(36)22(37)24(39)26(41)35-27(3,4)5/h21-24,34,36-39H,7-18H2,1-6H3,(H2,29,31)(H2,30,32)(H,33,40)(H,35,41)/t21-,22+,23+,24-/m0/s1. The number of nitrogens with two attached hydrogens (primary N) is 2. The Balaban J connectivity index is 4.17. The fourth-order valence-electron chi connectivity index (χ4n) is 3.79. The second-order valence-electron chi connectivity index (χ2n) is 11.8. The van der Waals surface area contributed by atoms with Crippen LogP contribution in [0.25, 0.3) is 0 Å². The zero-order valence-electron chi connectivity index (χ0n) is 25.9. The van der Waals surface area contributed by atoms with Crippen LogP contribution in [0, 0.1) is 0 Å². The van der Waals surface area contributed by atoms with Gasteiger partial charge in [0.2, 0.25) is 0 Å². The van der Waals surface area contributed by atoms with Gasteiger partial charge >= 0.3 is 0 Å². The van der Waals surface area contributed by atoms with Crippen molar-refractivity contribution in [2.45, 2.75) is 128 Å². The number of aliphatic hydroxyl groups is 4. The largest absolute Gasteiger partial charge is 0.387 e. The predicted molar refractivity (Wildman–Crippen MR) is 163 cm³/mol. The van der Waals surface area contributed by atoms with E-state index in [1.54, 1.807) is 20.8 Å². The molecule has 0 saturated carbocycles. The van der Waals surface area contributed by atoms with E-state index in [1.807, 2.05) is 0 Å². The number of nitrogens with one attached hydrogen (secondary N) is 3. The third-order valence-corrected chi connectivity index (χ3v) is 6.91. The lowest BCUT2D eigenvalue weighted by molar-refractivity contribution is -0.156. The van der Waals surface area contributed by atoms with Crippen LogP contribution in [-0.4, -0.2) is 106 Å². The first kappa shape index (κ1) is 38.7. The number of aliphatic imine (C=N–C) groups is 2. The van der Waals surface area contributed by atoms with Crippen molar-refractivity contribution in [1.82, 2.24) is 16.0 Å². The van der Waals surface area contributed by atoms with Crippen LogP contribution in [0.3, 0.4) is 0 Å². The molecule has 0 aliphatic rings. The number of carbonyl (C=O) groups excluding carboxylic acids is 2. The lowest BCUT2D eigenvalue weighted by atomic mass is 9.96. The molecule has 0 aromatic rings. The van der Waals surface area contributed by atoms with Gasteiger partial charge in [-0.3, -0.25) is 19.6 Å². The van der Waals surface area contributed by atoms with Gasteiger partial charge in [0.15, 0.2) is 12.2 Å². The predicted octanol–water partition coefficient (Wildman–Crippen LogP) is -0.316. The monoisotopic (exact) mass is 587 g/mol. The lowest BCUT2D eigenvalue weighted by Gasteiger charge is -2.28. The van der Waals surface area contributed by atoms with Crippen LogP contribution in [0.4, 0.5) is 0 Å². The fraction of sp³-hybridized carbons (Fsp3) is 0.857. The molecule has 240 valence electrons. The Labute approximate surface area is 245 Å². The molecule has 41 heavy (non-hydrogen) atoms. The first-order valence-corrected chi connectivity index (χ1v) is 14.7. The number of amides is 2. The van der Waals surface area contributed by atoms with E-state index in [0.29, 0.717) is 24.6 Å². The van der Waals surface area contributed by atoms with Crippen molar-refractivity contribution in [3.63, 3.8) is 0 Å². The number of amidine groups is 2. The van der Waals surface area contributed by atoms with Crippen molar-refractivity contribution < 1.29 is 30.0 Å². The molecule has 2 amide bonds. The normalized spacial score (nSPS) is 16.1. The SMILES string of the molecule is CCC(C)(CC)NCCN=C(N)CCCCCCC(N)=NCCNC(=O)[C@H](O)[C@@H](O)[C@@H](O)[C@H](O)C(=O)NC(C)(C)C. The molecular formula is C28H57N7O6. The summed E-state index contributed by atoms with van der Waals surface area (Å²) in [6.45, 7) is 13.3. The Morgan fingerprint density at radius 1 is 0.732 bits per heavy atom. The molecule has 0 heterocycles. The molecule has 0 aliphatic carbocycles. The molecule has 13 nitrogen and oxygen atoms in total. The molecule has 0 unspecified atom stereocenters. The zero-order valence-corrected chi connectivity index (χ0v) is 25.9. The second-order valence-corrected chi connectivity index (χ2v) is 11.8. The summed E-state index contributed by atoms with van der Waals surface area (Å²) in [5.41, 5.74) is 11.4. The average molecular weight is 588 g/mol. The highest BCUT2D eigenvalue weighted by atomic mass is 16.4. The van der Waals surface area contributed by atoms with Crippen LogP contribution in [0.15, 0.2) is 9.98 Å². The number of hydrogen-bond acceptors (Lipinski definition) is 9. The maximum absolute atomic E-state index is 12.1. The number of carbonyl (C=O) groups is 2. The van der Waals surface area contributed by atoms with Gasteiger partial charge in [-0.15, -0.1) is 0 Å². The van der Waals surface area contributed by atoms with Gasteiger partial charge in [-0.2, -0.15) is 0 Å². The molecule has 0 aromatic carbocycles. The summed E-state index contributed by atoms with van der Waals surface area (Å²) >= 11 is 0. The third-order valence-electron chi connectivity index (χ3n) is 6.91. The van der Waals surface area contributed by atoms with E-state index in [2.05, 4.69) is 46.7 Å². The first-order valence-electron chi connectivity index (χ1n) is 14.7. The quantitative estimate of drug-likeness (QED) is 0.0486. The molecule has 0 aromatic heterocycles. The molecule has 0 spiro atoms. The highest BCUT2D eigenvalue weighted by Gasteiger charge is 2.38. The van der Waals surface area contributed by atoms with Gasteiger partial charge in [0.1, 0.15) is 12.2 Å². The molecule has 13 heteroatoms. The van der Waals surface area contributed by atoms with Crippen LogP contribution >= 0.6 is 0 Å². The third kappa shape index (κ3) is 17.3. The molecule has 0 rings (SSSR count). The summed E-state index contributed by atoms with van der Waals surface area (Å²) in [6.07, 6.45) is -0.924. The van der Waals surface area contributed by atoms with Gasteiger partial charge in [0.05, 0.1) is 24.8 Å². The van der Waals surface area contributed by atoms with E-state index in [0.717, 1.165) is 51.5 Å².